The van der Waals surface area contributed by atoms with E-state index in [9.17, 15) is 9.50 Å². The second kappa shape index (κ2) is 6.12. The molecule has 4 heteroatoms. The Morgan fingerprint density at radius 2 is 2.29 bits per heavy atom. The summed E-state index contributed by atoms with van der Waals surface area (Å²) in [6, 6.07) is 4.79. The number of thioether (sulfide) groups is 2. The van der Waals surface area contributed by atoms with Gasteiger partial charge in [0.25, 0.3) is 0 Å². The molecule has 2 atom stereocenters. The molecule has 0 radical (unpaired) electrons. The third kappa shape index (κ3) is 3.63. The van der Waals surface area contributed by atoms with Crippen LogP contribution in [0, 0.1) is 12.7 Å². The quantitative estimate of drug-likeness (QED) is 0.913. The summed E-state index contributed by atoms with van der Waals surface area (Å²) in [5, 5.41) is 10.5. The molecule has 1 saturated heterocycles. The van der Waals surface area contributed by atoms with Gasteiger partial charge in [-0.05, 0) is 36.6 Å². The molecule has 0 aliphatic carbocycles. The molecule has 0 amide bonds. The molecule has 1 aliphatic rings. The van der Waals surface area contributed by atoms with E-state index in [4.69, 9.17) is 0 Å². The second-order valence-electron chi connectivity index (χ2n) is 4.33. The number of hydrogen-bond acceptors (Lipinski definition) is 3. The van der Waals surface area contributed by atoms with E-state index in [1.807, 2.05) is 30.4 Å². The predicted octanol–water partition coefficient (Wildman–Crippen LogP) is 2.89. The Morgan fingerprint density at radius 3 is 2.94 bits per heavy atom. The first-order valence-corrected chi connectivity index (χ1v) is 7.99. The summed E-state index contributed by atoms with van der Waals surface area (Å²) in [6.45, 7) is 1.90. The maximum Gasteiger partial charge on any atom is 0.123 e. The van der Waals surface area contributed by atoms with Gasteiger partial charge < -0.3 is 5.11 Å². The summed E-state index contributed by atoms with van der Waals surface area (Å²) < 4.78 is 13.0. The molecule has 1 heterocycles. The molecule has 17 heavy (non-hydrogen) atoms. The highest BCUT2D eigenvalue weighted by Crippen LogP contribution is 2.28. The zero-order chi connectivity index (χ0) is 12.3. The molecule has 0 spiro atoms. The fraction of sp³-hybridized carbons (Fsp3) is 0.538. The van der Waals surface area contributed by atoms with Crippen molar-refractivity contribution in [2.75, 3.05) is 17.3 Å². The van der Waals surface area contributed by atoms with Crippen molar-refractivity contribution in [1.29, 1.82) is 0 Å². The number of rotatable bonds is 3. The van der Waals surface area contributed by atoms with Crippen molar-refractivity contribution < 1.29 is 9.50 Å². The Bertz CT molecular complexity index is 378. The summed E-state index contributed by atoms with van der Waals surface area (Å²) in [6.07, 6.45) is 0.307. The largest absolute Gasteiger partial charge is 0.392 e. The van der Waals surface area contributed by atoms with E-state index in [0.29, 0.717) is 11.7 Å². The van der Waals surface area contributed by atoms with Crippen LogP contribution in [0.5, 0.6) is 0 Å². The SMILES string of the molecule is Cc1cc(F)ccc1CC(O)C1CSCCS1. The third-order valence-electron chi connectivity index (χ3n) is 3.00. The van der Waals surface area contributed by atoms with Crippen LogP contribution in [0.1, 0.15) is 11.1 Å². The van der Waals surface area contributed by atoms with Gasteiger partial charge in [0.05, 0.1) is 6.10 Å². The van der Waals surface area contributed by atoms with Crippen LogP contribution in [-0.4, -0.2) is 33.7 Å². The van der Waals surface area contributed by atoms with Crippen molar-refractivity contribution in [1.82, 2.24) is 0 Å². The average molecular weight is 272 g/mol. The van der Waals surface area contributed by atoms with Gasteiger partial charge in [-0.15, -0.1) is 0 Å². The molecule has 94 valence electrons. The van der Waals surface area contributed by atoms with Crippen LogP contribution in [0.2, 0.25) is 0 Å². The van der Waals surface area contributed by atoms with Crippen molar-refractivity contribution in [3.63, 3.8) is 0 Å². The fourth-order valence-corrected chi connectivity index (χ4v) is 4.75. The van der Waals surface area contributed by atoms with Gasteiger partial charge in [0, 0.05) is 22.5 Å². The van der Waals surface area contributed by atoms with E-state index in [0.717, 1.165) is 22.6 Å². The van der Waals surface area contributed by atoms with Gasteiger partial charge in [0.2, 0.25) is 0 Å². The van der Waals surface area contributed by atoms with Crippen LogP contribution in [0.3, 0.4) is 0 Å². The first kappa shape index (κ1) is 13.2. The van der Waals surface area contributed by atoms with E-state index in [1.165, 1.54) is 17.9 Å². The van der Waals surface area contributed by atoms with Crippen LogP contribution in [-0.2, 0) is 6.42 Å². The summed E-state index contributed by atoms with van der Waals surface area (Å²) in [5.74, 6) is 3.12. The highest BCUT2D eigenvalue weighted by molar-refractivity contribution is 8.06. The topological polar surface area (TPSA) is 20.2 Å². The molecule has 2 unspecified atom stereocenters. The van der Waals surface area contributed by atoms with Gasteiger partial charge in [-0.25, -0.2) is 4.39 Å². The van der Waals surface area contributed by atoms with Crippen LogP contribution in [0.25, 0.3) is 0 Å². The zero-order valence-corrected chi connectivity index (χ0v) is 11.5. The Kier molecular flexibility index (Phi) is 4.77. The molecule has 1 nitrogen and oxygen atoms in total. The van der Waals surface area contributed by atoms with Gasteiger partial charge >= 0.3 is 0 Å². The van der Waals surface area contributed by atoms with Gasteiger partial charge in [0.15, 0.2) is 0 Å². The lowest BCUT2D eigenvalue weighted by atomic mass is 10.0. The zero-order valence-electron chi connectivity index (χ0n) is 9.86. The summed E-state index contributed by atoms with van der Waals surface area (Å²) in [7, 11) is 0. The van der Waals surface area contributed by atoms with E-state index < -0.39 is 0 Å². The summed E-state index contributed by atoms with van der Waals surface area (Å²) in [5.41, 5.74) is 1.98. The number of aliphatic hydroxyl groups is 1. The Morgan fingerprint density at radius 1 is 1.47 bits per heavy atom. The standard InChI is InChI=1S/C13H17FOS2/c1-9-6-11(14)3-2-10(9)7-12(15)13-8-16-4-5-17-13/h2-3,6,12-13,15H,4-5,7-8H2,1H3. The first-order chi connectivity index (χ1) is 8.16. The summed E-state index contributed by atoms with van der Waals surface area (Å²) >= 11 is 3.76. The van der Waals surface area contributed by atoms with E-state index in [-0.39, 0.29) is 11.9 Å². The third-order valence-corrected chi connectivity index (χ3v) is 5.91. The van der Waals surface area contributed by atoms with Crippen LogP contribution in [0.4, 0.5) is 4.39 Å². The highest BCUT2D eigenvalue weighted by atomic mass is 32.2. The van der Waals surface area contributed by atoms with Crippen molar-refractivity contribution in [3.05, 3.63) is 35.1 Å². The number of benzene rings is 1. The van der Waals surface area contributed by atoms with E-state index >= 15 is 0 Å². The molecule has 0 bridgehead atoms. The Hall–Kier alpha value is -0.190. The number of aliphatic hydroxyl groups excluding tert-OH is 1. The molecule has 0 saturated carbocycles. The normalized spacial score (nSPS) is 22.4. The molecule has 2 rings (SSSR count). The number of hydrogen-bond donors (Lipinski definition) is 1. The van der Waals surface area contributed by atoms with Gasteiger partial charge in [-0.3, -0.25) is 0 Å². The first-order valence-electron chi connectivity index (χ1n) is 5.79. The molecule has 0 aromatic heterocycles. The molecular formula is C13H17FOS2. The van der Waals surface area contributed by atoms with E-state index in [1.54, 1.807) is 6.07 Å². The fourth-order valence-electron chi connectivity index (χ4n) is 1.97. The minimum Gasteiger partial charge on any atom is -0.392 e. The van der Waals surface area contributed by atoms with Crippen LogP contribution < -0.4 is 0 Å². The van der Waals surface area contributed by atoms with Crippen molar-refractivity contribution in [3.8, 4) is 0 Å². The minimum absolute atomic E-state index is 0.205. The highest BCUT2D eigenvalue weighted by Gasteiger charge is 2.23. The molecule has 1 aromatic carbocycles. The van der Waals surface area contributed by atoms with Gasteiger partial charge in [0.1, 0.15) is 5.82 Å². The maximum absolute atomic E-state index is 13.0. The predicted molar refractivity (Wildman–Crippen MR) is 74.4 cm³/mol. The van der Waals surface area contributed by atoms with Crippen molar-refractivity contribution >= 4 is 23.5 Å². The maximum atomic E-state index is 13.0. The molecule has 1 aliphatic heterocycles. The van der Waals surface area contributed by atoms with Crippen LogP contribution >= 0.6 is 23.5 Å². The molecular weight excluding hydrogens is 255 g/mol. The molecule has 1 aromatic rings. The molecule has 1 N–H and O–H groups in total. The lowest BCUT2D eigenvalue weighted by molar-refractivity contribution is 0.177. The Balaban J connectivity index is 1.99. The molecule has 1 fully saturated rings. The van der Waals surface area contributed by atoms with Crippen LogP contribution in [0.15, 0.2) is 18.2 Å². The summed E-state index contributed by atoms with van der Waals surface area (Å²) in [4.78, 5) is 0. The van der Waals surface area contributed by atoms with Crippen molar-refractivity contribution in [2.24, 2.45) is 0 Å². The lowest BCUT2D eigenvalue weighted by Crippen LogP contribution is -2.30. The second-order valence-corrected chi connectivity index (χ2v) is 6.82. The van der Waals surface area contributed by atoms with Gasteiger partial charge in [-0.2, -0.15) is 23.5 Å². The lowest BCUT2D eigenvalue weighted by Gasteiger charge is -2.26. The van der Waals surface area contributed by atoms with E-state index in [2.05, 4.69) is 0 Å². The monoisotopic (exact) mass is 272 g/mol. The van der Waals surface area contributed by atoms with Crippen molar-refractivity contribution in [2.45, 2.75) is 24.7 Å². The van der Waals surface area contributed by atoms with Gasteiger partial charge in [-0.1, -0.05) is 6.07 Å². The minimum atomic E-state index is -0.322. The number of halogens is 1. The smallest absolute Gasteiger partial charge is 0.123 e. The Labute approximate surface area is 110 Å². The average Bonchev–Trinajstić information content (AvgIpc) is 2.34. The number of aryl methyl sites for hydroxylation is 1.